The fourth-order valence-electron chi connectivity index (χ4n) is 3.64. The summed E-state index contributed by atoms with van der Waals surface area (Å²) in [5.41, 5.74) is 3.57. The van der Waals surface area contributed by atoms with E-state index in [2.05, 4.69) is 16.3 Å². The molecule has 0 aliphatic carbocycles. The zero-order chi connectivity index (χ0) is 19.5. The third-order valence-electron chi connectivity index (χ3n) is 5.25. The molecule has 2 heterocycles. The molecule has 0 radical (unpaired) electrons. The lowest BCUT2D eigenvalue weighted by molar-refractivity contribution is 0.0342. The van der Waals surface area contributed by atoms with Gasteiger partial charge in [-0.05, 0) is 35.9 Å². The number of methoxy groups -OCH3 is 1. The van der Waals surface area contributed by atoms with Crippen LogP contribution >= 0.6 is 0 Å². The van der Waals surface area contributed by atoms with E-state index < -0.39 is 0 Å². The van der Waals surface area contributed by atoms with E-state index in [1.54, 1.807) is 7.11 Å². The molecule has 0 spiro atoms. The van der Waals surface area contributed by atoms with Crippen molar-refractivity contribution in [3.8, 4) is 5.75 Å². The Hall–Kier alpha value is -2.83. The number of amides is 1. The number of benzene rings is 2. The maximum atomic E-state index is 13.0. The number of carbonyl (C=O) groups excluding carboxylic acids is 1. The normalized spacial score (nSPS) is 14.9. The molecule has 2 aromatic carbocycles. The zero-order valence-electron chi connectivity index (χ0n) is 16.3. The van der Waals surface area contributed by atoms with Gasteiger partial charge in [-0.1, -0.05) is 18.2 Å². The minimum Gasteiger partial charge on any atom is -0.497 e. The minimum absolute atomic E-state index is 0.118. The molecule has 1 N–H and O–H groups in total. The molecule has 6 nitrogen and oxygen atoms in total. The van der Waals surface area contributed by atoms with E-state index in [1.165, 1.54) is 0 Å². The molecular formula is C22H25N3O3. The number of aromatic nitrogens is 1. The van der Waals surface area contributed by atoms with E-state index in [1.807, 2.05) is 54.1 Å². The van der Waals surface area contributed by atoms with Crippen LogP contribution in [0.4, 0.5) is 5.69 Å². The van der Waals surface area contributed by atoms with Crippen LogP contribution in [0.2, 0.25) is 0 Å². The summed E-state index contributed by atoms with van der Waals surface area (Å²) in [7, 11) is 3.55. The lowest BCUT2D eigenvalue weighted by Gasteiger charge is -2.27. The Morgan fingerprint density at radius 1 is 1.14 bits per heavy atom. The smallest absolute Gasteiger partial charge is 0.272 e. The quantitative estimate of drug-likeness (QED) is 0.739. The summed E-state index contributed by atoms with van der Waals surface area (Å²) in [5.74, 6) is 0.660. The molecular weight excluding hydrogens is 354 g/mol. The lowest BCUT2D eigenvalue weighted by Crippen LogP contribution is -2.35. The van der Waals surface area contributed by atoms with Gasteiger partial charge in [0.2, 0.25) is 0 Å². The Morgan fingerprint density at radius 3 is 2.71 bits per heavy atom. The van der Waals surface area contributed by atoms with Gasteiger partial charge in [-0.25, -0.2) is 0 Å². The number of nitrogens with one attached hydrogen (secondary N) is 1. The topological polar surface area (TPSA) is 55.7 Å². The average Bonchev–Trinajstić information content (AvgIpc) is 3.06. The van der Waals surface area contributed by atoms with Crippen LogP contribution in [0, 0.1) is 0 Å². The Morgan fingerprint density at radius 2 is 1.93 bits per heavy atom. The average molecular weight is 379 g/mol. The van der Waals surface area contributed by atoms with Crippen molar-refractivity contribution in [2.24, 2.45) is 7.05 Å². The van der Waals surface area contributed by atoms with E-state index >= 15 is 0 Å². The number of carbonyl (C=O) groups is 1. The van der Waals surface area contributed by atoms with Crippen molar-refractivity contribution in [2.45, 2.75) is 6.54 Å². The summed E-state index contributed by atoms with van der Waals surface area (Å²) in [6, 6.07) is 15.7. The molecule has 1 aromatic heterocycles. The highest BCUT2D eigenvalue weighted by molar-refractivity contribution is 6.06. The molecule has 1 saturated heterocycles. The van der Waals surface area contributed by atoms with Crippen molar-refractivity contribution in [2.75, 3.05) is 38.7 Å². The summed E-state index contributed by atoms with van der Waals surface area (Å²) in [4.78, 5) is 15.4. The van der Waals surface area contributed by atoms with Gasteiger partial charge in [-0.15, -0.1) is 0 Å². The van der Waals surface area contributed by atoms with Crippen molar-refractivity contribution < 1.29 is 14.3 Å². The number of anilines is 1. The predicted molar refractivity (Wildman–Crippen MR) is 110 cm³/mol. The van der Waals surface area contributed by atoms with Gasteiger partial charge in [0.1, 0.15) is 11.4 Å². The van der Waals surface area contributed by atoms with Crippen molar-refractivity contribution in [3.05, 3.63) is 59.8 Å². The Labute approximate surface area is 164 Å². The number of rotatable bonds is 5. The fourth-order valence-corrected chi connectivity index (χ4v) is 3.64. The van der Waals surface area contributed by atoms with Crippen LogP contribution in [-0.2, 0) is 18.3 Å². The molecule has 146 valence electrons. The molecule has 1 aliphatic heterocycles. The van der Waals surface area contributed by atoms with Crippen molar-refractivity contribution in [3.63, 3.8) is 0 Å². The third kappa shape index (κ3) is 3.74. The fraction of sp³-hybridized carbons (Fsp3) is 0.318. The molecule has 0 bridgehead atoms. The van der Waals surface area contributed by atoms with Crippen LogP contribution in [-0.4, -0.2) is 48.8 Å². The molecule has 28 heavy (non-hydrogen) atoms. The van der Waals surface area contributed by atoms with Crippen LogP contribution in [0.1, 0.15) is 16.1 Å². The van der Waals surface area contributed by atoms with Gasteiger partial charge in [-0.2, -0.15) is 0 Å². The highest BCUT2D eigenvalue weighted by Crippen LogP contribution is 2.25. The second kappa shape index (κ2) is 8.04. The largest absolute Gasteiger partial charge is 0.497 e. The summed E-state index contributed by atoms with van der Waals surface area (Å²) >= 11 is 0. The Kier molecular flexibility index (Phi) is 5.32. The highest BCUT2D eigenvalue weighted by atomic mass is 16.5. The molecule has 1 amide bonds. The molecule has 3 aromatic rings. The van der Waals surface area contributed by atoms with E-state index in [-0.39, 0.29) is 5.91 Å². The number of nitrogens with zero attached hydrogens (tertiary/aromatic N) is 2. The summed E-state index contributed by atoms with van der Waals surface area (Å²) < 4.78 is 12.6. The van der Waals surface area contributed by atoms with Crippen LogP contribution in [0.15, 0.2) is 48.5 Å². The third-order valence-corrected chi connectivity index (χ3v) is 5.25. The molecule has 0 atom stereocenters. The molecule has 6 heteroatoms. The molecule has 4 rings (SSSR count). The van der Waals surface area contributed by atoms with E-state index in [9.17, 15) is 4.79 Å². The second-order valence-corrected chi connectivity index (χ2v) is 7.01. The molecule has 0 unspecified atom stereocenters. The van der Waals surface area contributed by atoms with Crippen LogP contribution < -0.4 is 10.1 Å². The standard InChI is InChI=1S/C22H25N3O3/c1-24-20-8-7-18(27-2)13-17(20)14-21(24)22(26)23-19-6-4-3-5-16(19)15-25-9-11-28-12-10-25/h3-8,13-14H,9-12,15H2,1-2H3,(H,23,26). The SMILES string of the molecule is COc1ccc2c(c1)cc(C(=O)Nc1ccccc1CN1CCOCC1)n2C. The first kappa shape index (κ1) is 18.5. The van der Waals surface area contributed by atoms with E-state index in [0.717, 1.165) is 60.8 Å². The number of morpholine rings is 1. The summed E-state index contributed by atoms with van der Waals surface area (Å²) in [5, 5.41) is 4.08. The van der Waals surface area contributed by atoms with Crippen molar-refractivity contribution >= 4 is 22.5 Å². The van der Waals surface area contributed by atoms with Crippen LogP contribution in [0.3, 0.4) is 0 Å². The number of para-hydroxylation sites is 1. The Bertz CT molecular complexity index is 990. The van der Waals surface area contributed by atoms with E-state index in [0.29, 0.717) is 5.69 Å². The second-order valence-electron chi connectivity index (χ2n) is 7.01. The molecule has 0 saturated carbocycles. The monoisotopic (exact) mass is 379 g/mol. The highest BCUT2D eigenvalue weighted by Gasteiger charge is 2.17. The number of hydrogen-bond donors (Lipinski definition) is 1. The minimum atomic E-state index is -0.118. The number of fused-ring (bicyclic) bond motifs is 1. The first-order valence-electron chi connectivity index (χ1n) is 9.48. The zero-order valence-corrected chi connectivity index (χ0v) is 16.3. The Balaban J connectivity index is 1.57. The predicted octanol–water partition coefficient (Wildman–Crippen LogP) is 3.27. The lowest BCUT2D eigenvalue weighted by atomic mass is 10.1. The maximum absolute atomic E-state index is 13.0. The van der Waals surface area contributed by atoms with Gasteiger partial charge in [0.15, 0.2) is 0 Å². The van der Waals surface area contributed by atoms with Gasteiger partial charge in [0, 0.05) is 43.3 Å². The van der Waals surface area contributed by atoms with Gasteiger partial charge in [0.05, 0.1) is 20.3 Å². The van der Waals surface area contributed by atoms with E-state index in [4.69, 9.17) is 9.47 Å². The number of aryl methyl sites for hydroxylation is 1. The first-order chi connectivity index (χ1) is 13.7. The summed E-state index contributed by atoms with van der Waals surface area (Å²) in [6.07, 6.45) is 0. The van der Waals surface area contributed by atoms with Crippen LogP contribution in [0.5, 0.6) is 5.75 Å². The first-order valence-corrected chi connectivity index (χ1v) is 9.48. The number of ether oxygens (including phenoxy) is 2. The molecule has 1 fully saturated rings. The number of hydrogen-bond acceptors (Lipinski definition) is 4. The van der Waals surface area contributed by atoms with Gasteiger partial charge in [-0.3, -0.25) is 9.69 Å². The molecule has 1 aliphatic rings. The maximum Gasteiger partial charge on any atom is 0.272 e. The van der Waals surface area contributed by atoms with Gasteiger partial charge >= 0.3 is 0 Å². The van der Waals surface area contributed by atoms with Gasteiger partial charge < -0.3 is 19.4 Å². The van der Waals surface area contributed by atoms with Crippen molar-refractivity contribution in [1.29, 1.82) is 0 Å². The van der Waals surface area contributed by atoms with Gasteiger partial charge in [0.25, 0.3) is 5.91 Å². The summed E-state index contributed by atoms with van der Waals surface area (Å²) in [6.45, 7) is 4.13. The van der Waals surface area contributed by atoms with Crippen molar-refractivity contribution in [1.82, 2.24) is 9.47 Å². The van der Waals surface area contributed by atoms with Crippen LogP contribution in [0.25, 0.3) is 10.9 Å².